The Morgan fingerprint density at radius 2 is 2.07 bits per heavy atom. The van der Waals surface area contributed by atoms with Crippen molar-refractivity contribution in [2.45, 2.75) is 57.8 Å². The van der Waals surface area contributed by atoms with Crippen LogP contribution in [0.1, 0.15) is 45.6 Å². The second-order valence-electron chi connectivity index (χ2n) is 8.90. The molecule has 3 unspecified atom stereocenters. The van der Waals surface area contributed by atoms with Crippen molar-refractivity contribution in [2.75, 3.05) is 5.75 Å². The summed E-state index contributed by atoms with van der Waals surface area (Å²) in [5.41, 5.74) is 1.21. The standard InChI is InChI=1S/C21H28N4O2S/c1-20(2)15-9-10-21(20,3)16(11-15)22-17(26)13-28-19-24-23-18(27)25(19)12-14-7-5-4-6-8-14/h4-8,15-16H,9-13H2,1-3H3,(H,22,26)(H,23,27). The van der Waals surface area contributed by atoms with Gasteiger partial charge in [-0.15, -0.1) is 5.10 Å². The number of amides is 1. The van der Waals surface area contributed by atoms with E-state index in [4.69, 9.17) is 0 Å². The normalized spacial score (nSPS) is 27.8. The minimum absolute atomic E-state index is 0.0151. The molecule has 2 fully saturated rings. The molecule has 4 rings (SSSR count). The molecule has 6 nitrogen and oxygen atoms in total. The summed E-state index contributed by atoms with van der Waals surface area (Å²) in [6.45, 7) is 7.45. The highest BCUT2D eigenvalue weighted by molar-refractivity contribution is 7.99. The van der Waals surface area contributed by atoms with E-state index in [-0.39, 0.29) is 34.2 Å². The minimum atomic E-state index is -0.255. The Hall–Kier alpha value is -2.02. The van der Waals surface area contributed by atoms with Gasteiger partial charge in [0.15, 0.2) is 5.16 Å². The monoisotopic (exact) mass is 400 g/mol. The number of hydrogen-bond acceptors (Lipinski definition) is 4. The molecule has 2 bridgehead atoms. The van der Waals surface area contributed by atoms with Gasteiger partial charge in [-0.3, -0.25) is 9.36 Å². The predicted octanol–water partition coefficient (Wildman–Crippen LogP) is 3.04. The largest absolute Gasteiger partial charge is 0.352 e. The highest BCUT2D eigenvalue weighted by atomic mass is 32.2. The van der Waals surface area contributed by atoms with Crippen molar-refractivity contribution < 1.29 is 4.79 Å². The smallest absolute Gasteiger partial charge is 0.344 e. The molecular weight excluding hydrogens is 372 g/mol. The topological polar surface area (TPSA) is 79.8 Å². The van der Waals surface area contributed by atoms with Crippen LogP contribution in [0.25, 0.3) is 0 Å². The first kappa shape index (κ1) is 19.3. The fraction of sp³-hybridized carbons (Fsp3) is 0.571. The molecule has 0 radical (unpaired) electrons. The molecule has 7 heteroatoms. The summed E-state index contributed by atoms with van der Waals surface area (Å²) in [5.74, 6) is 0.968. The van der Waals surface area contributed by atoms with Crippen LogP contribution in [0.2, 0.25) is 0 Å². The highest BCUT2D eigenvalue weighted by Gasteiger charge is 2.61. The van der Waals surface area contributed by atoms with Crippen LogP contribution < -0.4 is 11.0 Å². The maximum absolute atomic E-state index is 12.6. The molecule has 0 aliphatic heterocycles. The van der Waals surface area contributed by atoms with Gasteiger partial charge in [0, 0.05) is 6.04 Å². The number of carbonyl (C=O) groups is 1. The molecule has 150 valence electrons. The zero-order chi connectivity index (χ0) is 19.9. The Morgan fingerprint density at radius 3 is 2.71 bits per heavy atom. The lowest BCUT2D eigenvalue weighted by Gasteiger charge is -2.39. The first-order valence-electron chi connectivity index (χ1n) is 9.92. The van der Waals surface area contributed by atoms with Crippen molar-refractivity contribution in [3.63, 3.8) is 0 Å². The van der Waals surface area contributed by atoms with Crippen molar-refractivity contribution >= 4 is 17.7 Å². The lowest BCUT2D eigenvalue weighted by Crippen LogP contribution is -2.47. The molecule has 1 aromatic carbocycles. The fourth-order valence-corrected chi connectivity index (χ4v) is 5.86. The van der Waals surface area contributed by atoms with Gasteiger partial charge in [0.05, 0.1) is 12.3 Å². The summed E-state index contributed by atoms with van der Waals surface area (Å²) in [7, 11) is 0. The zero-order valence-corrected chi connectivity index (χ0v) is 17.5. The Morgan fingerprint density at radius 1 is 1.32 bits per heavy atom. The third kappa shape index (κ3) is 3.19. The van der Waals surface area contributed by atoms with E-state index in [2.05, 4.69) is 36.3 Å². The van der Waals surface area contributed by atoms with Crippen LogP contribution >= 0.6 is 11.8 Å². The fourth-order valence-electron chi connectivity index (χ4n) is 5.11. The van der Waals surface area contributed by atoms with Crippen molar-refractivity contribution in [2.24, 2.45) is 16.7 Å². The van der Waals surface area contributed by atoms with E-state index in [0.717, 1.165) is 12.0 Å². The molecule has 2 aliphatic rings. The molecule has 0 saturated heterocycles. The van der Waals surface area contributed by atoms with Crippen LogP contribution in [0.4, 0.5) is 0 Å². The van der Waals surface area contributed by atoms with E-state index in [1.807, 2.05) is 30.3 Å². The van der Waals surface area contributed by atoms with E-state index in [0.29, 0.717) is 17.6 Å². The van der Waals surface area contributed by atoms with Gasteiger partial charge in [-0.1, -0.05) is 62.9 Å². The summed E-state index contributed by atoms with van der Waals surface area (Å²) in [4.78, 5) is 24.7. The van der Waals surface area contributed by atoms with Crippen LogP contribution in [0.3, 0.4) is 0 Å². The Kier molecular flexibility index (Phi) is 4.89. The number of fused-ring (bicyclic) bond motifs is 2. The van der Waals surface area contributed by atoms with Gasteiger partial charge in [0.1, 0.15) is 0 Å². The number of benzene rings is 1. The highest BCUT2D eigenvalue weighted by Crippen LogP contribution is 2.65. The number of thioether (sulfide) groups is 1. The number of H-pyrrole nitrogens is 1. The summed E-state index contributed by atoms with van der Waals surface area (Å²) >= 11 is 1.31. The molecule has 1 heterocycles. The Bertz CT molecular complexity index is 920. The molecule has 28 heavy (non-hydrogen) atoms. The second kappa shape index (κ2) is 7.10. The average molecular weight is 401 g/mol. The Labute approximate surface area is 169 Å². The first-order valence-corrected chi connectivity index (χ1v) is 10.9. The van der Waals surface area contributed by atoms with Gasteiger partial charge in [-0.05, 0) is 41.6 Å². The number of nitrogens with zero attached hydrogens (tertiary/aromatic N) is 2. The van der Waals surface area contributed by atoms with E-state index in [1.54, 1.807) is 4.57 Å². The van der Waals surface area contributed by atoms with E-state index >= 15 is 0 Å². The lowest BCUT2D eigenvalue weighted by atomic mass is 9.69. The number of nitrogens with one attached hydrogen (secondary N) is 2. The van der Waals surface area contributed by atoms with Crippen molar-refractivity contribution in [1.82, 2.24) is 20.1 Å². The van der Waals surface area contributed by atoms with Gasteiger partial charge >= 0.3 is 5.69 Å². The number of rotatable bonds is 6. The number of carbonyl (C=O) groups excluding carboxylic acids is 1. The van der Waals surface area contributed by atoms with Gasteiger partial charge < -0.3 is 5.32 Å². The first-order chi connectivity index (χ1) is 13.3. The molecule has 2 aliphatic carbocycles. The van der Waals surface area contributed by atoms with Crippen molar-refractivity contribution in [1.29, 1.82) is 0 Å². The molecule has 1 amide bonds. The summed E-state index contributed by atoms with van der Waals surface area (Å²) in [6, 6.07) is 10.0. The third-order valence-corrected chi connectivity index (χ3v) is 8.34. The number of aromatic amines is 1. The lowest BCUT2D eigenvalue weighted by molar-refractivity contribution is -0.120. The maximum atomic E-state index is 12.6. The molecule has 2 saturated carbocycles. The molecule has 2 N–H and O–H groups in total. The van der Waals surface area contributed by atoms with E-state index < -0.39 is 0 Å². The van der Waals surface area contributed by atoms with E-state index in [9.17, 15) is 9.59 Å². The van der Waals surface area contributed by atoms with Crippen LogP contribution in [-0.4, -0.2) is 32.5 Å². The predicted molar refractivity (Wildman–Crippen MR) is 110 cm³/mol. The van der Waals surface area contributed by atoms with Crippen LogP contribution in [0.5, 0.6) is 0 Å². The molecule has 1 aromatic heterocycles. The van der Waals surface area contributed by atoms with Gasteiger partial charge in [-0.2, -0.15) is 0 Å². The van der Waals surface area contributed by atoms with E-state index in [1.165, 1.54) is 24.6 Å². The van der Waals surface area contributed by atoms with Gasteiger partial charge in [0.2, 0.25) is 5.91 Å². The molecular formula is C21H28N4O2S. The number of aromatic nitrogens is 3. The minimum Gasteiger partial charge on any atom is -0.352 e. The van der Waals surface area contributed by atoms with Gasteiger partial charge in [-0.25, -0.2) is 9.89 Å². The number of hydrogen-bond donors (Lipinski definition) is 2. The summed E-state index contributed by atoms with van der Waals surface area (Å²) in [6.07, 6.45) is 3.52. The molecule has 0 spiro atoms. The Balaban J connectivity index is 1.38. The maximum Gasteiger partial charge on any atom is 0.344 e. The van der Waals surface area contributed by atoms with Crippen molar-refractivity contribution in [3.8, 4) is 0 Å². The van der Waals surface area contributed by atoms with Crippen LogP contribution in [0, 0.1) is 16.7 Å². The summed E-state index contributed by atoms with van der Waals surface area (Å²) in [5, 5.41) is 10.4. The average Bonchev–Trinajstić information content (AvgIpc) is 3.19. The molecule has 3 atom stereocenters. The second-order valence-corrected chi connectivity index (χ2v) is 9.84. The van der Waals surface area contributed by atoms with Crippen LogP contribution in [0.15, 0.2) is 40.3 Å². The molecule has 2 aromatic rings. The SMILES string of the molecule is CC1(C)C2CCC1(C)C(NC(=O)CSc1n[nH]c(=O)n1Cc1ccccc1)C2. The van der Waals surface area contributed by atoms with Gasteiger partial charge in [0.25, 0.3) is 0 Å². The zero-order valence-electron chi connectivity index (χ0n) is 16.7. The third-order valence-electron chi connectivity index (χ3n) is 7.37. The summed E-state index contributed by atoms with van der Waals surface area (Å²) < 4.78 is 1.58. The van der Waals surface area contributed by atoms with Crippen LogP contribution in [-0.2, 0) is 11.3 Å². The van der Waals surface area contributed by atoms with Crippen molar-refractivity contribution in [3.05, 3.63) is 46.4 Å². The quantitative estimate of drug-likeness (QED) is 0.731.